The summed E-state index contributed by atoms with van der Waals surface area (Å²) in [5.41, 5.74) is 1.22. The van der Waals surface area contributed by atoms with Crippen LogP contribution in [0, 0.1) is 22.9 Å². The van der Waals surface area contributed by atoms with Crippen LogP contribution in [0.25, 0.3) is 0 Å². The van der Waals surface area contributed by atoms with Crippen molar-refractivity contribution in [1.82, 2.24) is 0 Å². The van der Waals surface area contributed by atoms with E-state index in [0.29, 0.717) is 5.69 Å². The molecule has 0 amide bonds. The maximum absolute atomic E-state index is 14.4. The number of hydrogen-bond donors (Lipinski definition) is 0. The first kappa shape index (κ1) is 20.5. The van der Waals surface area contributed by atoms with E-state index in [-0.39, 0.29) is 16.1 Å². The Labute approximate surface area is 168 Å². The zero-order chi connectivity index (χ0) is 21.2. The van der Waals surface area contributed by atoms with Crippen LogP contribution in [0.5, 0.6) is 0 Å². The van der Waals surface area contributed by atoms with Gasteiger partial charge in [-0.05, 0) is 49.7 Å². The Morgan fingerprint density at radius 3 is 2.24 bits per heavy atom. The molecule has 0 saturated heterocycles. The van der Waals surface area contributed by atoms with Gasteiger partial charge in [0.2, 0.25) is 0 Å². The van der Waals surface area contributed by atoms with E-state index in [9.17, 15) is 22.9 Å². The first-order chi connectivity index (χ1) is 13.7. The second-order valence-corrected chi connectivity index (χ2v) is 8.40. The summed E-state index contributed by atoms with van der Waals surface area (Å²) in [7, 11) is -4.13. The predicted molar refractivity (Wildman–Crippen MR) is 109 cm³/mol. The number of benzene rings is 3. The molecule has 0 aliphatic rings. The summed E-state index contributed by atoms with van der Waals surface area (Å²) in [6, 6.07) is 16.7. The van der Waals surface area contributed by atoms with Gasteiger partial charge in [0.25, 0.3) is 15.7 Å². The highest BCUT2D eigenvalue weighted by Crippen LogP contribution is 2.35. The van der Waals surface area contributed by atoms with Crippen LogP contribution in [-0.2, 0) is 10.0 Å². The Balaban J connectivity index is 2.16. The lowest BCUT2D eigenvalue weighted by molar-refractivity contribution is -0.384. The molecular weight excluding hydrogens is 395 g/mol. The maximum atomic E-state index is 14.4. The third-order valence-corrected chi connectivity index (χ3v) is 6.48. The van der Waals surface area contributed by atoms with Gasteiger partial charge in [0, 0.05) is 17.7 Å². The summed E-state index contributed by atoms with van der Waals surface area (Å²) in [4.78, 5) is 10.2. The molecule has 0 unspecified atom stereocenters. The molecule has 0 saturated carbocycles. The summed E-state index contributed by atoms with van der Waals surface area (Å²) in [6.07, 6.45) is 0. The van der Waals surface area contributed by atoms with Crippen LogP contribution in [0.15, 0.2) is 77.7 Å². The van der Waals surface area contributed by atoms with E-state index in [2.05, 4.69) is 0 Å². The van der Waals surface area contributed by atoms with Crippen LogP contribution < -0.4 is 4.31 Å². The zero-order valence-electron chi connectivity index (χ0n) is 15.8. The fourth-order valence-electron chi connectivity index (χ4n) is 3.13. The van der Waals surface area contributed by atoms with Crippen LogP contribution in [0.3, 0.4) is 0 Å². The molecule has 0 bridgehead atoms. The Morgan fingerprint density at radius 2 is 1.66 bits per heavy atom. The fraction of sp³-hybridized carbons (Fsp3) is 0.143. The van der Waals surface area contributed by atoms with E-state index in [1.165, 1.54) is 30.3 Å². The van der Waals surface area contributed by atoms with E-state index in [1.807, 2.05) is 13.0 Å². The Kier molecular flexibility index (Phi) is 5.65. The number of nitrogens with zero attached hydrogens (tertiary/aromatic N) is 2. The van der Waals surface area contributed by atoms with Gasteiger partial charge in [-0.1, -0.05) is 30.3 Å². The summed E-state index contributed by atoms with van der Waals surface area (Å²) in [6.45, 7) is 3.43. The topological polar surface area (TPSA) is 80.5 Å². The molecule has 150 valence electrons. The lowest BCUT2D eigenvalue weighted by Crippen LogP contribution is -2.34. The van der Waals surface area contributed by atoms with Gasteiger partial charge in [0.05, 0.1) is 21.5 Å². The van der Waals surface area contributed by atoms with Crippen LogP contribution in [0.2, 0.25) is 0 Å². The van der Waals surface area contributed by atoms with Crippen LogP contribution in [-0.4, -0.2) is 13.3 Å². The number of halogens is 1. The number of sulfonamides is 1. The Bertz CT molecular complexity index is 1150. The lowest BCUT2D eigenvalue weighted by atomic mass is 10.1. The summed E-state index contributed by atoms with van der Waals surface area (Å²) in [5.74, 6) is -0.517. The zero-order valence-corrected chi connectivity index (χ0v) is 16.6. The van der Waals surface area contributed by atoms with Crippen molar-refractivity contribution in [2.75, 3.05) is 4.31 Å². The number of anilines is 1. The van der Waals surface area contributed by atoms with Crippen molar-refractivity contribution in [3.05, 3.63) is 99.9 Å². The Hall–Kier alpha value is -3.26. The van der Waals surface area contributed by atoms with Gasteiger partial charge in [-0.25, -0.2) is 12.8 Å². The molecule has 1 atom stereocenters. The highest BCUT2D eigenvalue weighted by Gasteiger charge is 2.32. The van der Waals surface area contributed by atoms with E-state index in [1.54, 1.807) is 31.2 Å². The number of nitro benzene ring substituents is 1. The molecule has 8 heteroatoms. The van der Waals surface area contributed by atoms with Gasteiger partial charge in [-0.2, -0.15) is 0 Å². The summed E-state index contributed by atoms with van der Waals surface area (Å²) >= 11 is 0. The largest absolute Gasteiger partial charge is 0.269 e. The first-order valence-corrected chi connectivity index (χ1v) is 10.3. The van der Waals surface area contributed by atoms with Crippen molar-refractivity contribution in [3.8, 4) is 0 Å². The molecule has 0 heterocycles. The van der Waals surface area contributed by atoms with Crippen molar-refractivity contribution in [3.63, 3.8) is 0 Å². The SMILES string of the molecule is Cc1cccc(N([C@@H](C)c2ccccc2F)S(=O)(=O)c2ccc([N+](=O)[O-])cc2)c1. The molecule has 3 rings (SSSR count). The second kappa shape index (κ2) is 8.00. The van der Waals surface area contributed by atoms with Crippen molar-refractivity contribution < 1.29 is 17.7 Å². The smallest absolute Gasteiger partial charge is 0.259 e. The minimum absolute atomic E-state index is 0.118. The minimum Gasteiger partial charge on any atom is -0.259 e. The number of hydrogen-bond acceptors (Lipinski definition) is 4. The number of non-ortho nitro benzene ring substituents is 1. The van der Waals surface area contributed by atoms with Crippen LogP contribution in [0.1, 0.15) is 24.1 Å². The first-order valence-electron chi connectivity index (χ1n) is 8.82. The van der Waals surface area contributed by atoms with Gasteiger partial charge < -0.3 is 0 Å². The van der Waals surface area contributed by atoms with E-state index in [0.717, 1.165) is 22.0 Å². The predicted octanol–water partition coefficient (Wildman–Crippen LogP) is 5.00. The quantitative estimate of drug-likeness (QED) is 0.420. The van der Waals surface area contributed by atoms with Gasteiger partial charge in [0.1, 0.15) is 5.82 Å². The molecule has 0 aliphatic carbocycles. The van der Waals surface area contributed by atoms with Crippen LogP contribution >= 0.6 is 0 Å². The van der Waals surface area contributed by atoms with E-state index < -0.39 is 26.8 Å². The maximum Gasteiger partial charge on any atom is 0.269 e. The molecule has 0 fully saturated rings. The molecule has 6 nitrogen and oxygen atoms in total. The monoisotopic (exact) mass is 414 g/mol. The molecule has 0 N–H and O–H groups in total. The highest BCUT2D eigenvalue weighted by molar-refractivity contribution is 7.92. The molecule has 0 aliphatic heterocycles. The summed E-state index contributed by atoms with van der Waals surface area (Å²) < 4.78 is 42.5. The third kappa shape index (κ3) is 4.12. The molecule has 0 aromatic heterocycles. The van der Waals surface area contributed by atoms with Gasteiger partial charge in [-0.3, -0.25) is 14.4 Å². The number of rotatable bonds is 6. The van der Waals surface area contributed by atoms with Gasteiger partial charge in [0.15, 0.2) is 0 Å². The normalized spacial score (nSPS) is 12.4. The molecular formula is C21H19FN2O4S. The molecule has 3 aromatic carbocycles. The van der Waals surface area contributed by atoms with Crippen molar-refractivity contribution in [1.29, 1.82) is 0 Å². The van der Waals surface area contributed by atoms with Crippen LogP contribution in [0.4, 0.5) is 15.8 Å². The molecule has 0 radical (unpaired) electrons. The standard InChI is InChI=1S/C21H19FN2O4S/c1-15-6-5-7-18(14-15)23(16(2)20-8-3-4-9-21(20)22)29(27,28)19-12-10-17(11-13-19)24(25)26/h3-14,16H,1-2H3/t16-/m0/s1. The molecule has 29 heavy (non-hydrogen) atoms. The van der Waals surface area contributed by atoms with Gasteiger partial charge in [-0.15, -0.1) is 0 Å². The van der Waals surface area contributed by atoms with Gasteiger partial charge >= 0.3 is 0 Å². The second-order valence-electron chi connectivity index (χ2n) is 6.59. The Morgan fingerprint density at radius 1 is 1.00 bits per heavy atom. The average molecular weight is 414 g/mol. The summed E-state index contributed by atoms with van der Waals surface area (Å²) in [5, 5.41) is 10.9. The number of nitro groups is 1. The highest BCUT2D eigenvalue weighted by atomic mass is 32.2. The lowest BCUT2D eigenvalue weighted by Gasteiger charge is -2.31. The van der Waals surface area contributed by atoms with Crippen molar-refractivity contribution in [2.24, 2.45) is 0 Å². The van der Waals surface area contributed by atoms with E-state index >= 15 is 0 Å². The number of aryl methyl sites for hydroxylation is 1. The molecule has 3 aromatic rings. The average Bonchev–Trinajstić information content (AvgIpc) is 2.68. The minimum atomic E-state index is -4.13. The van der Waals surface area contributed by atoms with E-state index in [4.69, 9.17) is 0 Å². The molecule has 0 spiro atoms. The van der Waals surface area contributed by atoms with Crippen molar-refractivity contribution in [2.45, 2.75) is 24.8 Å². The van der Waals surface area contributed by atoms with Crippen molar-refractivity contribution >= 4 is 21.4 Å². The fourth-order valence-corrected chi connectivity index (χ4v) is 4.76. The third-order valence-electron chi connectivity index (χ3n) is 4.57.